The molecule has 0 aromatic rings. The van der Waals surface area contributed by atoms with E-state index in [9.17, 15) is 13.2 Å². The SMILES string of the molecule is COC(=O)N1C(C)(C)COS1(=O)=O. The van der Waals surface area contributed by atoms with E-state index in [1.807, 2.05) is 0 Å². The molecule has 13 heavy (non-hydrogen) atoms. The van der Waals surface area contributed by atoms with Gasteiger partial charge >= 0.3 is 16.4 Å². The molecule has 0 N–H and O–H groups in total. The van der Waals surface area contributed by atoms with Crippen molar-refractivity contribution in [3.8, 4) is 0 Å². The van der Waals surface area contributed by atoms with E-state index in [0.717, 1.165) is 7.11 Å². The fourth-order valence-corrected chi connectivity index (χ4v) is 2.51. The summed E-state index contributed by atoms with van der Waals surface area (Å²) in [4.78, 5) is 11.1. The highest BCUT2D eigenvalue weighted by Gasteiger charge is 2.48. The third-order valence-corrected chi connectivity index (χ3v) is 3.18. The zero-order valence-corrected chi connectivity index (χ0v) is 8.42. The van der Waals surface area contributed by atoms with Gasteiger partial charge in [-0.2, -0.15) is 12.7 Å². The number of carbonyl (C=O) groups excluding carboxylic acids is 1. The maximum atomic E-state index is 11.2. The first-order chi connectivity index (χ1) is 5.81. The molecule has 0 atom stereocenters. The molecule has 0 saturated carbocycles. The van der Waals surface area contributed by atoms with Crippen molar-refractivity contribution in [2.45, 2.75) is 19.4 Å². The van der Waals surface area contributed by atoms with Crippen LogP contribution in [0.25, 0.3) is 0 Å². The quantitative estimate of drug-likeness (QED) is 0.566. The Morgan fingerprint density at radius 1 is 1.54 bits per heavy atom. The molecule has 76 valence electrons. The summed E-state index contributed by atoms with van der Waals surface area (Å²) < 4.78 is 31.8. The number of methoxy groups -OCH3 is 1. The molecule has 0 spiro atoms. The standard InChI is InChI=1S/C6H11NO5S/c1-6(2)4-12-13(9,10)7(6)5(8)11-3/h4H2,1-3H3. The molecule has 1 rings (SSSR count). The van der Waals surface area contributed by atoms with Gasteiger partial charge in [-0.15, -0.1) is 0 Å². The third kappa shape index (κ3) is 1.61. The smallest absolute Gasteiger partial charge is 0.425 e. The van der Waals surface area contributed by atoms with Crippen LogP contribution in [0.5, 0.6) is 0 Å². The van der Waals surface area contributed by atoms with Crippen LogP contribution in [0.1, 0.15) is 13.8 Å². The van der Waals surface area contributed by atoms with Gasteiger partial charge in [0.05, 0.1) is 19.3 Å². The van der Waals surface area contributed by atoms with Crippen molar-refractivity contribution >= 4 is 16.4 Å². The summed E-state index contributed by atoms with van der Waals surface area (Å²) in [7, 11) is -2.83. The zero-order chi connectivity index (χ0) is 10.3. The summed E-state index contributed by atoms with van der Waals surface area (Å²) >= 11 is 0. The molecule has 0 aromatic heterocycles. The molecule has 0 bridgehead atoms. The van der Waals surface area contributed by atoms with Gasteiger partial charge in [0.25, 0.3) is 0 Å². The summed E-state index contributed by atoms with van der Waals surface area (Å²) in [5.74, 6) is 0. The second-order valence-corrected chi connectivity index (χ2v) is 4.72. The van der Waals surface area contributed by atoms with E-state index in [2.05, 4.69) is 8.92 Å². The topological polar surface area (TPSA) is 72.9 Å². The minimum absolute atomic E-state index is 0.0512. The Labute approximate surface area is 76.7 Å². The molecule has 1 aliphatic heterocycles. The first kappa shape index (κ1) is 10.3. The predicted molar refractivity (Wildman–Crippen MR) is 43.2 cm³/mol. The van der Waals surface area contributed by atoms with Gasteiger partial charge < -0.3 is 4.74 Å². The summed E-state index contributed by atoms with van der Waals surface area (Å²) in [6, 6.07) is 0. The molecule has 6 nitrogen and oxygen atoms in total. The Balaban J connectivity index is 3.09. The molecule has 0 aromatic carbocycles. The second-order valence-electron chi connectivity index (χ2n) is 3.27. The Hall–Kier alpha value is -0.820. The molecular formula is C6H11NO5S. The summed E-state index contributed by atoms with van der Waals surface area (Å²) in [5, 5.41) is 0. The highest BCUT2D eigenvalue weighted by molar-refractivity contribution is 7.85. The Kier molecular flexibility index (Phi) is 2.25. The van der Waals surface area contributed by atoms with E-state index in [0.29, 0.717) is 4.31 Å². The van der Waals surface area contributed by atoms with Gasteiger partial charge in [0.15, 0.2) is 0 Å². The molecule has 0 aliphatic carbocycles. The first-order valence-corrected chi connectivity index (χ1v) is 4.95. The maximum absolute atomic E-state index is 11.2. The van der Waals surface area contributed by atoms with Crippen LogP contribution in [0.2, 0.25) is 0 Å². The lowest BCUT2D eigenvalue weighted by Gasteiger charge is -2.24. The number of hydrogen-bond acceptors (Lipinski definition) is 5. The number of carbonyl (C=O) groups is 1. The van der Waals surface area contributed by atoms with Gasteiger partial charge in [0.1, 0.15) is 0 Å². The lowest BCUT2D eigenvalue weighted by molar-refractivity contribution is 0.126. The second kappa shape index (κ2) is 2.85. The Bertz CT molecular complexity index is 320. The third-order valence-electron chi connectivity index (χ3n) is 1.67. The summed E-state index contributed by atoms with van der Waals surface area (Å²) in [6.45, 7) is 3.10. The van der Waals surface area contributed by atoms with E-state index in [1.54, 1.807) is 13.8 Å². The summed E-state index contributed by atoms with van der Waals surface area (Å²) in [6.07, 6.45) is -0.928. The van der Waals surface area contributed by atoms with E-state index in [-0.39, 0.29) is 6.61 Å². The van der Waals surface area contributed by atoms with Crippen molar-refractivity contribution in [1.29, 1.82) is 0 Å². The van der Waals surface area contributed by atoms with Gasteiger partial charge in [-0.1, -0.05) is 0 Å². The van der Waals surface area contributed by atoms with Crippen molar-refractivity contribution in [2.75, 3.05) is 13.7 Å². The average Bonchev–Trinajstić information content (AvgIpc) is 2.20. The highest BCUT2D eigenvalue weighted by atomic mass is 32.2. The summed E-state index contributed by atoms with van der Waals surface area (Å²) in [5.41, 5.74) is -0.883. The largest absolute Gasteiger partial charge is 0.452 e. The van der Waals surface area contributed by atoms with Crippen molar-refractivity contribution in [3.05, 3.63) is 0 Å². The van der Waals surface area contributed by atoms with E-state index < -0.39 is 21.9 Å². The van der Waals surface area contributed by atoms with Gasteiger partial charge in [-0.3, -0.25) is 4.18 Å². The lowest BCUT2D eigenvalue weighted by Crippen LogP contribution is -2.46. The fraction of sp³-hybridized carbons (Fsp3) is 0.833. The van der Waals surface area contributed by atoms with Gasteiger partial charge in [-0.05, 0) is 13.8 Å². The molecule has 1 heterocycles. The van der Waals surface area contributed by atoms with Gasteiger partial charge in [0.2, 0.25) is 0 Å². The van der Waals surface area contributed by atoms with Gasteiger partial charge in [0, 0.05) is 0 Å². The zero-order valence-electron chi connectivity index (χ0n) is 7.60. The first-order valence-electron chi connectivity index (χ1n) is 3.59. The van der Waals surface area contributed by atoms with Crippen LogP contribution in [0.15, 0.2) is 0 Å². The van der Waals surface area contributed by atoms with E-state index in [1.165, 1.54) is 0 Å². The van der Waals surface area contributed by atoms with Crippen LogP contribution in [-0.4, -0.2) is 38.1 Å². The van der Waals surface area contributed by atoms with Crippen LogP contribution >= 0.6 is 0 Å². The molecule has 1 saturated heterocycles. The van der Waals surface area contributed by atoms with Crippen molar-refractivity contribution < 1.29 is 22.1 Å². The van der Waals surface area contributed by atoms with Gasteiger partial charge in [-0.25, -0.2) is 4.79 Å². The number of rotatable bonds is 0. The monoisotopic (exact) mass is 209 g/mol. The number of nitrogens with zero attached hydrogens (tertiary/aromatic N) is 1. The molecule has 1 fully saturated rings. The average molecular weight is 209 g/mol. The number of amides is 1. The highest BCUT2D eigenvalue weighted by Crippen LogP contribution is 2.28. The molecule has 1 amide bonds. The molecular weight excluding hydrogens is 198 g/mol. The van der Waals surface area contributed by atoms with E-state index >= 15 is 0 Å². The van der Waals surface area contributed by atoms with Crippen molar-refractivity contribution in [2.24, 2.45) is 0 Å². The van der Waals surface area contributed by atoms with Crippen LogP contribution in [0, 0.1) is 0 Å². The van der Waals surface area contributed by atoms with Crippen molar-refractivity contribution in [3.63, 3.8) is 0 Å². The molecule has 0 radical (unpaired) electrons. The molecule has 1 aliphatic rings. The molecule has 0 unspecified atom stereocenters. The number of hydrogen-bond donors (Lipinski definition) is 0. The predicted octanol–water partition coefficient (Wildman–Crippen LogP) is 0.108. The molecule has 7 heteroatoms. The maximum Gasteiger partial charge on any atom is 0.425 e. The minimum atomic E-state index is -3.95. The Morgan fingerprint density at radius 3 is 2.38 bits per heavy atom. The van der Waals surface area contributed by atoms with Crippen LogP contribution < -0.4 is 0 Å². The van der Waals surface area contributed by atoms with E-state index in [4.69, 9.17) is 0 Å². The normalized spacial score (nSPS) is 24.4. The minimum Gasteiger partial charge on any atom is -0.452 e. The van der Waals surface area contributed by atoms with Crippen LogP contribution in [0.4, 0.5) is 4.79 Å². The van der Waals surface area contributed by atoms with Crippen LogP contribution in [0.3, 0.4) is 0 Å². The fourth-order valence-electron chi connectivity index (χ4n) is 1.05. The number of ether oxygens (including phenoxy) is 1. The lowest BCUT2D eigenvalue weighted by atomic mass is 10.1. The van der Waals surface area contributed by atoms with Crippen LogP contribution in [-0.2, 0) is 19.2 Å². The van der Waals surface area contributed by atoms with Crippen molar-refractivity contribution in [1.82, 2.24) is 4.31 Å². The Morgan fingerprint density at radius 2 is 2.08 bits per heavy atom.